The fourth-order valence-electron chi connectivity index (χ4n) is 5.13. The molecule has 1 aromatic carbocycles. The van der Waals surface area contributed by atoms with Crippen molar-refractivity contribution in [2.45, 2.75) is 78.1 Å². The topological polar surface area (TPSA) is 40.5 Å². The lowest BCUT2D eigenvalue weighted by atomic mass is 9.61. The third-order valence-corrected chi connectivity index (χ3v) is 6.10. The van der Waals surface area contributed by atoms with Crippen molar-refractivity contribution in [2.24, 2.45) is 11.8 Å². The molecule has 0 amide bonds. The van der Waals surface area contributed by atoms with E-state index in [-0.39, 0.29) is 11.5 Å². The van der Waals surface area contributed by atoms with Gasteiger partial charge in [0.15, 0.2) is 11.5 Å². The molecular weight excluding hydrogens is 272 g/mol. The minimum Gasteiger partial charge on any atom is -0.504 e. The standard InChI is InChI=1S/C20H30O2/c1-10(2)8-14-9-12(4)15-7-6-11(3)16-18(15)17(14)13(5)19(21)20(16)22/h10-12,14-15,21-22H,6-9H2,1-5H3/t11-,12-,14?,15+/m0/s1. The van der Waals surface area contributed by atoms with E-state index in [2.05, 4.69) is 27.7 Å². The first kappa shape index (κ1) is 15.7. The van der Waals surface area contributed by atoms with E-state index in [0.717, 1.165) is 17.5 Å². The average molecular weight is 302 g/mol. The zero-order chi connectivity index (χ0) is 16.2. The second-order valence-corrected chi connectivity index (χ2v) is 8.19. The fraction of sp³-hybridized carbons (Fsp3) is 0.700. The number of phenolic OH excluding ortho intramolecular Hbond substituents is 2. The second-order valence-electron chi connectivity index (χ2n) is 8.19. The molecule has 1 unspecified atom stereocenters. The molecule has 3 rings (SSSR count). The Hall–Kier alpha value is -1.18. The minimum atomic E-state index is 0.129. The molecule has 1 aromatic rings. The van der Waals surface area contributed by atoms with Crippen molar-refractivity contribution in [3.8, 4) is 11.5 Å². The molecular formula is C20H30O2. The highest BCUT2D eigenvalue weighted by molar-refractivity contribution is 5.63. The SMILES string of the molecule is Cc1c(O)c(O)c2c3c1C(CC(C)C)C[C@H](C)[C@H]3CC[C@@H]2C. The van der Waals surface area contributed by atoms with Gasteiger partial charge in [-0.05, 0) is 78.9 Å². The molecule has 4 atom stereocenters. The van der Waals surface area contributed by atoms with Gasteiger partial charge in [-0.25, -0.2) is 0 Å². The van der Waals surface area contributed by atoms with E-state index in [4.69, 9.17) is 0 Å². The Morgan fingerprint density at radius 1 is 1.00 bits per heavy atom. The quantitative estimate of drug-likeness (QED) is 0.702. The predicted molar refractivity (Wildman–Crippen MR) is 90.9 cm³/mol. The summed E-state index contributed by atoms with van der Waals surface area (Å²) in [5.74, 6) is 3.05. The normalized spacial score (nSPS) is 30.5. The molecule has 2 aliphatic carbocycles. The molecule has 122 valence electrons. The first-order valence-electron chi connectivity index (χ1n) is 8.91. The molecule has 0 fully saturated rings. The molecule has 0 heterocycles. The van der Waals surface area contributed by atoms with Crippen LogP contribution in [0.15, 0.2) is 0 Å². The van der Waals surface area contributed by atoms with Crippen LogP contribution in [-0.4, -0.2) is 10.2 Å². The van der Waals surface area contributed by atoms with Gasteiger partial charge in [-0.3, -0.25) is 0 Å². The first-order chi connectivity index (χ1) is 10.3. The van der Waals surface area contributed by atoms with Gasteiger partial charge in [-0.15, -0.1) is 0 Å². The van der Waals surface area contributed by atoms with Crippen LogP contribution in [0.5, 0.6) is 11.5 Å². The molecule has 0 radical (unpaired) electrons. The number of phenols is 2. The van der Waals surface area contributed by atoms with Crippen LogP contribution in [0.25, 0.3) is 0 Å². The number of aromatic hydroxyl groups is 2. The monoisotopic (exact) mass is 302 g/mol. The van der Waals surface area contributed by atoms with Gasteiger partial charge < -0.3 is 10.2 Å². The van der Waals surface area contributed by atoms with Gasteiger partial charge in [0.2, 0.25) is 0 Å². The van der Waals surface area contributed by atoms with Crippen LogP contribution in [0, 0.1) is 18.8 Å². The summed E-state index contributed by atoms with van der Waals surface area (Å²) in [7, 11) is 0. The lowest BCUT2D eigenvalue weighted by Gasteiger charge is -2.44. The summed E-state index contributed by atoms with van der Waals surface area (Å²) in [6.07, 6.45) is 4.73. The van der Waals surface area contributed by atoms with Crippen LogP contribution >= 0.6 is 0 Å². The van der Waals surface area contributed by atoms with E-state index >= 15 is 0 Å². The molecule has 0 saturated carbocycles. The number of hydrogen-bond acceptors (Lipinski definition) is 2. The summed E-state index contributed by atoms with van der Waals surface area (Å²) in [4.78, 5) is 0. The van der Waals surface area contributed by atoms with Crippen LogP contribution in [0.1, 0.15) is 93.4 Å². The van der Waals surface area contributed by atoms with Crippen molar-refractivity contribution >= 4 is 0 Å². The molecule has 0 spiro atoms. The zero-order valence-electron chi connectivity index (χ0n) is 14.6. The summed E-state index contributed by atoms with van der Waals surface area (Å²) in [5.41, 5.74) is 4.74. The molecule has 0 aliphatic heterocycles. The summed E-state index contributed by atoms with van der Waals surface area (Å²) < 4.78 is 0. The molecule has 0 saturated heterocycles. The first-order valence-corrected chi connectivity index (χ1v) is 8.91. The molecule has 2 nitrogen and oxygen atoms in total. The van der Waals surface area contributed by atoms with Gasteiger partial charge >= 0.3 is 0 Å². The molecule has 2 aliphatic rings. The Kier molecular flexibility index (Phi) is 3.91. The predicted octanol–water partition coefficient (Wildman–Crippen LogP) is 5.56. The Morgan fingerprint density at radius 2 is 1.68 bits per heavy atom. The summed E-state index contributed by atoms with van der Waals surface area (Å²) in [5, 5.41) is 21.0. The molecule has 22 heavy (non-hydrogen) atoms. The fourth-order valence-corrected chi connectivity index (χ4v) is 5.13. The van der Waals surface area contributed by atoms with Crippen molar-refractivity contribution in [3.05, 3.63) is 22.3 Å². The molecule has 2 N–H and O–H groups in total. The lowest BCUT2D eigenvalue weighted by molar-refractivity contribution is 0.289. The summed E-state index contributed by atoms with van der Waals surface area (Å²) >= 11 is 0. The number of benzene rings is 1. The molecule has 0 bridgehead atoms. The molecule has 0 aromatic heterocycles. The van der Waals surface area contributed by atoms with Gasteiger partial charge in [0, 0.05) is 5.56 Å². The zero-order valence-corrected chi connectivity index (χ0v) is 14.6. The Morgan fingerprint density at radius 3 is 2.32 bits per heavy atom. The van der Waals surface area contributed by atoms with Crippen LogP contribution in [0.4, 0.5) is 0 Å². The van der Waals surface area contributed by atoms with E-state index in [9.17, 15) is 10.2 Å². The van der Waals surface area contributed by atoms with E-state index in [1.807, 2.05) is 6.92 Å². The van der Waals surface area contributed by atoms with Gasteiger partial charge in [0.05, 0.1) is 0 Å². The van der Waals surface area contributed by atoms with Crippen LogP contribution in [-0.2, 0) is 0 Å². The third kappa shape index (κ3) is 2.23. The maximum absolute atomic E-state index is 10.6. The van der Waals surface area contributed by atoms with E-state index in [1.54, 1.807) is 0 Å². The highest BCUT2D eigenvalue weighted by Gasteiger charge is 2.41. The van der Waals surface area contributed by atoms with Crippen LogP contribution in [0.2, 0.25) is 0 Å². The van der Waals surface area contributed by atoms with Crippen molar-refractivity contribution in [1.82, 2.24) is 0 Å². The van der Waals surface area contributed by atoms with Crippen molar-refractivity contribution in [1.29, 1.82) is 0 Å². The van der Waals surface area contributed by atoms with Gasteiger partial charge in [-0.2, -0.15) is 0 Å². The van der Waals surface area contributed by atoms with Crippen LogP contribution < -0.4 is 0 Å². The number of hydrogen-bond donors (Lipinski definition) is 2. The Bertz CT molecular complexity index is 588. The second kappa shape index (κ2) is 5.47. The van der Waals surface area contributed by atoms with Crippen molar-refractivity contribution < 1.29 is 10.2 Å². The minimum absolute atomic E-state index is 0.129. The summed E-state index contributed by atoms with van der Waals surface area (Å²) in [6, 6.07) is 0. The van der Waals surface area contributed by atoms with Crippen molar-refractivity contribution in [3.63, 3.8) is 0 Å². The highest BCUT2D eigenvalue weighted by Crippen LogP contribution is 2.58. The Labute approximate surface area is 134 Å². The highest BCUT2D eigenvalue weighted by atomic mass is 16.3. The third-order valence-electron chi connectivity index (χ3n) is 6.10. The molecule has 2 heteroatoms. The van der Waals surface area contributed by atoms with E-state index in [0.29, 0.717) is 29.6 Å². The van der Waals surface area contributed by atoms with Crippen molar-refractivity contribution in [2.75, 3.05) is 0 Å². The van der Waals surface area contributed by atoms with Gasteiger partial charge in [0.25, 0.3) is 0 Å². The van der Waals surface area contributed by atoms with Gasteiger partial charge in [0.1, 0.15) is 0 Å². The average Bonchev–Trinajstić information content (AvgIpc) is 2.43. The van der Waals surface area contributed by atoms with E-state index < -0.39 is 0 Å². The maximum atomic E-state index is 10.6. The number of rotatable bonds is 2. The maximum Gasteiger partial charge on any atom is 0.161 e. The largest absolute Gasteiger partial charge is 0.504 e. The van der Waals surface area contributed by atoms with E-state index in [1.165, 1.54) is 30.4 Å². The smallest absolute Gasteiger partial charge is 0.161 e. The summed E-state index contributed by atoms with van der Waals surface area (Å²) in [6.45, 7) is 11.1. The van der Waals surface area contributed by atoms with Crippen LogP contribution in [0.3, 0.4) is 0 Å². The lowest BCUT2D eigenvalue weighted by Crippen LogP contribution is -2.29. The Balaban J connectivity index is 2.26. The van der Waals surface area contributed by atoms with Gasteiger partial charge in [-0.1, -0.05) is 27.7 Å².